The molecule has 0 bridgehead atoms. The maximum Gasteiger partial charge on any atom is 0.0652 e. The van der Waals surface area contributed by atoms with Gasteiger partial charge < -0.3 is 0 Å². The molecular formula is C11H19N. The van der Waals surface area contributed by atoms with Gasteiger partial charge in [0.2, 0.25) is 0 Å². The lowest BCUT2D eigenvalue weighted by atomic mass is 9.84. The Morgan fingerprint density at radius 1 is 1.33 bits per heavy atom. The summed E-state index contributed by atoms with van der Waals surface area (Å²) in [6, 6.07) is 2.30. The molecule has 0 N–H and O–H groups in total. The summed E-state index contributed by atoms with van der Waals surface area (Å²) in [5, 5.41) is 8.61. The van der Waals surface area contributed by atoms with Crippen molar-refractivity contribution in [1.82, 2.24) is 0 Å². The fourth-order valence-corrected chi connectivity index (χ4v) is 2.03. The summed E-state index contributed by atoms with van der Waals surface area (Å²) >= 11 is 0. The largest absolute Gasteiger partial charge is 0.198 e. The van der Waals surface area contributed by atoms with E-state index in [4.69, 9.17) is 5.26 Å². The number of nitriles is 1. The second-order valence-electron chi connectivity index (χ2n) is 4.11. The third-order valence-electron chi connectivity index (χ3n) is 2.95. The number of rotatable bonds is 3. The van der Waals surface area contributed by atoms with Crippen molar-refractivity contribution in [2.24, 2.45) is 11.8 Å². The van der Waals surface area contributed by atoms with Crippen LogP contribution in [0.4, 0.5) is 0 Å². The summed E-state index contributed by atoms with van der Waals surface area (Å²) in [6.45, 7) is 2.03. The smallest absolute Gasteiger partial charge is 0.0652 e. The van der Waals surface area contributed by atoms with Crippen LogP contribution >= 0.6 is 0 Å². The molecule has 0 amide bonds. The van der Waals surface area contributed by atoms with Gasteiger partial charge >= 0.3 is 0 Å². The van der Waals surface area contributed by atoms with Crippen LogP contribution in [0.3, 0.4) is 0 Å². The quantitative estimate of drug-likeness (QED) is 0.627. The Morgan fingerprint density at radius 3 is 2.58 bits per heavy atom. The van der Waals surface area contributed by atoms with Crippen LogP contribution < -0.4 is 0 Å². The zero-order chi connectivity index (χ0) is 8.81. The van der Waals surface area contributed by atoms with Crippen molar-refractivity contribution in [1.29, 1.82) is 5.26 Å². The van der Waals surface area contributed by atoms with Gasteiger partial charge in [0.1, 0.15) is 0 Å². The average Bonchev–Trinajstić information content (AvgIpc) is 2.16. The first-order valence-corrected chi connectivity index (χ1v) is 5.22. The Hall–Kier alpha value is -0.510. The van der Waals surface area contributed by atoms with E-state index in [0.29, 0.717) is 0 Å². The van der Waals surface area contributed by atoms with E-state index < -0.39 is 0 Å². The monoisotopic (exact) mass is 165 g/mol. The van der Waals surface area contributed by atoms with E-state index in [1.165, 1.54) is 38.5 Å². The first kappa shape index (κ1) is 9.58. The zero-order valence-electron chi connectivity index (χ0n) is 8.05. The third kappa shape index (κ3) is 3.26. The molecule has 1 aliphatic rings. The van der Waals surface area contributed by atoms with Crippen molar-refractivity contribution in [2.75, 3.05) is 0 Å². The number of hydrogen-bond donors (Lipinski definition) is 0. The molecule has 1 nitrogen and oxygen atoms in total. The fourth-order valence-electron chi connectivity index (χ4n) is 2.03. The molecule has 0 spiro atoms. The molecule has 1 atom stereocenters. The minimum Gasteiger partial charge on any atom is -0.198 e. The topological polar surface area (TPSA) is 23.8 Å². The zero-order valence-corrected chi connectivity index (χ0v) is 8.05. The van der Waals surface area contributed by atoms with E-state index >= 15 is 0 Å². The van der Waals surface area contributed by atoms with Crippen LogP contribution in [0.1, 0.15) is 51.9 Å². The second-order valence-corrected chi connectivity index (χ2v) is 4.11. The van der Waals surface area contributed by atoms with E-state index in [1.54, 1.807) is 0 Å². The molecule has 0 aliphatic heterocycles. The third-order valence-corrected chi connectivity index (χ3v) is 2.95. The predicted octanol–water partition coefficient (Wildman–Crippen LogP) is 3.51. The molecule has 12 heavy (non-hydrogen) atoms. The van der Waals surface area contributed by atoms with Gasteiger partial charge in [-0.3, -0.25) is 0 Å². The van der Waals surface area contributed by atoms with Crippen molar-refractivity contribution in [2.45, 2.75) is 51.9 Å². The molecular weight excluding hydrogens is 146 g/mol. The molecule has 1 heteroatoms. The lowest BCUT2D eigenvalue weighted by Crippen LogP contribution is -2.07. The van der Waals surface area contributed by atoms with Crippen LogP contribution in [0.2, 0.25) is 0 Å². The van der Waals surface area contributed by atoms with Gasteiger partial charge in [-0.25, -0.2) is 0 Å². The van der Waals surface area contributed by atoms with Gasteiger partial charge in [-0.15, -0.1) is 0 Å². The van der Waals surface area contributed by atoms with Crippen LogP contribution in [0.25, 0.3) is 0 Å². The standard InChI is InChI=1S/C11H19N/c1-10(9-12)7-8-11-5-3-2-4-6-11/h10-11H,2-8H2,1H3. The maximum atomic E-state index is 8.61. The molecule has 1 saturated carbocycles. The molecule has 1 rings (SSSR count). The van der Waals surface area contributed by atoms with Crippen molar-refractivity contribution >= 4 is 0 Å². The fraction of sp³-hybridized carbons (Fsp3) is 0.909. The molecule has 1 aliphatic carbocycles. The van der Waals surface area contributed by atoms with Crippen molar-refractivity contribution in [3.63, 3.8) is 0 Å². The molecule has 1 unspecified atom stereocenters. The Balaban J connectivity index is 2.10. The predicted molar refractivity (Wildman–Crippen MR) is 50.6 cm³/mol. The highest BCUT2D eigenvalue weighted by Crippen LogP contribution is 2.28. The van der Waals surface area contributed by atoms with Gasteiger partial charge in [0.05, 0.1) is 6.07 Å². The molecule has 0 aromatic rings. The summed E-state index contributed by atoms with van der Waals surface area (Å²) in [7, 11) is 0. The highest BCUT2D eigenvalue weighted by atomic mass is 14.3. The first-order valence-electron chi connectivity index (χ1n) is 5.22. The summed E-state index contributed by atoms with van der Waals surface area (Å²) in [6.07, 6.45) is 9.51. The molecule has 0 heterocycles. The summed E-state index contributed by atoms with van der Waals surface area (Å²) in [4.78, 5) is 0. The van der Waals surface area contributed by atoms with E-state index in [2.05, 4.69) is 6.07 Å². The summed E-state index contributed by atoms with van der Waals surface area (Å²) < 4.78 is 0. The van der Waals surface area contributed by atoms with Gasteiger partial charge in [-0.1, -0.05) is 32.1 Å². The number of hydrogen-bond acceptors (Lipinski definition) is 1. The van der Waals surface area contributed by atoms with E-state index in [-0.39, 0.29) is 5.92 Å². The van der Waals surface area contributed by atoms with E-state index in [0.717, 1.165) is 12.3 Å². The van der Waals surface area contributed by atoms with Gasteiger partial charge in [-0.2, -0.15) is 5.26 Å². The second kappa shape index (κ2) is 5.19. The highest BCUT2D eigenvalue weighted by molar-refractivity contribution is 4.79. The van der Waals surface area contributed by atoms with Crippen LogP contribution in [-0.2, 0) is 0 Å². The van der Waals surface area contributed by atoms with Crippen LogP contribution in [0.15, 0.2) is 0 Å². The van der Waals surface area contributed by atoms with Crippen LogP contribution in [0.5, 0.6) is 0 Å². The first-order chi connectivity index (χ1) is 5.83. The summed E-state index contributed by atoms with van der Waals surface area (Å²) in [5.41, 5.74) is 0. The van der Waals surface area contributed by atoms with Crippen LogP contribution in [-0.4, -0.2) is 0 Å². The maximum absolute atomic E-state index is 8.61. The lowest BCUT2D eigenvalue weighted by molar-refractivity contribution is 0.323. The average molecular weight is 165 g/mol. The highest BCUT2D eigenvalue weighted by Gasteiger charge is 2.13. The lowest BCUT2D eigenvalue weighted by Gasteiger charge is -2.21. The molecule has 0 aromatic heterocycles. The Labute approximate surface area is 75.8 Å². The van der Waals surface area contributed by atoms with Gasteiger partial charge in [0, 0.05) is 5.92 Å². The molecule has 0 radical (unpaired) electrons. The normalized spacial score (nSPS) is 21.7. The van der Waals surface area contributed by atoms with Gasteiger partial charge in [-0.05, 0) is 25.7 Å². The van der Waals surface area contributed by atoms with E-state index in [1.807, 2.05) is 6.92 Å². The molecule has 0 saturated heterocycles. The van der Waals surface area contributed by atoms with Gasteiger partial charge in [0.15, 0.2) is 0 Å². The van der Waals surface area contributed by atoms with Crippen molar-refractivity contribution in [3.05, 3.63) is 0 Å². The minimum atomic E-state index is 0.270. The van der Waals surface area contributed by atoms with Crippen molar-refractivity contribution < 1.29 is 0 Å². The number of nitrogens with zero attached hydrogens (tertiary/aromatic N) is 1. The SMILES string of the molecule is CC(C#N)CCC1CCCCC1. The van der Waals surface area contributed by atoms with Gasteiger partial charge in [0.25, 0.3) is 0 Å². The molecule has 1 fully saturated rings. The van der Waals surface area contributed by atoms with E-state index in [9.17, 15) is 0 Å². The Morgan fingerprint density at radius 2 is 2.00 bits per heavy atom. The van der Waals surface area contributed by atoms with Crippen molar-refractivity contribution in [3.8, 4) is 6.07 Å². The Kier molecular flexibility index (Phi) is 4.14. The minimum absolute atomic E-state index is 0.270. The Bertz CT molecular complexity index is 151. The molecule has 68 valence electrons. The van der Waals surface area contributed by atoms with Crippen LogP contribution in [0, 0.1) is 23.2 Å². The molecule has 0 aromatic carbocycles. The summed E-state index contributed by atoms with van der Waals surface area (Å²) in [5.74, 6) is 1.21.